The van der Waals surface area contributed by atoms with Crippen LogP contribution in [0.1, 0.15) is 0 Å². The normalized spacial score (nSPS) is 11.3. The Bertz CT molecular complexity index is 2170. The number of benzene rings is 6. The summed E-state index contributed by atoms with van der Waals surface area (Å²) in [4.78, 5) is 8.03. The first kappa shape index (κ1) is 24.5. The van der Waals surface area contributed by atoms with Crippen LogP contribution in [0, 0.1) is 0 Å². The summed E-state index contributed by atoms with van der Waals surface area (Å²) in [6.45, 7) is 0. The molecule has 0 saturated carbocycles. The Kier molecular flexibility index (Phi) is 6.02. The number of aromatic nitrogens is 1. The first-order valence-electron chi connectivity index (χ1n) is 14.1. The SMILES string of the molecule is c1ccc(-c2ccc(N(c3ccc(-c4cccc5ccccc45)cc3)c3ccc4sc5ncccc5c4c3)cc2)cc1. The Morgan fingerprint density at radius 2 is 1.10 bits per heavy atom. The van der Waals surface area contributed by atoms with Crippen molar-refractivity contribution in [1.29, 1.82) is 0 Å². The van der Waals surface area contributed by atoms with Gasteiger partial charge in [-0.2, -0.15) is 0 Å². The third-order valence-electron chi connectivity index (χ3n) is 7.95. The third-order valence-corrected chi connectivity index (χ3v) is 9.04. The van der Waals surface area contributed by atoms with Crippen molar-refractivity contribution in [3.8, 4) is 22.3 Å². The molecule has 0 amide bonds. The van der Waals surface area contributed by atoms with Crippen LogP contribution in [-0.2, 0) is 0 Å². The van der Waals surface area contributed by atoms with Crippen LogP contribution < -0.4 is 4.90 Å². The Labute approximate surface area is 248 Å². The number of anilines is 3. The van der Waals surface area contributed by atoms with Crippen molar-refractivity contribution >= 4 is 59.5 Å². The second kappa shape index (κ2) is 10.3. The lowest BCUT2D eigenvalue weighted by Crippen LogP contribution is -2.09. The van der Waals surface area contributed by atoms with Crippen LogP contribution in [0.4, 0.5) is 17.1 Å². The van der Waals surface area contributed by atoms with Gasteiger partial charge in [0.05, 0.1) is 0 Å². The highest BCUT2D eigenvalue weighted by molar-refractivity contribution is 7.25. The minimum absolute atomic E-state index is 1.07. The molecule has 3 heteroatoms. The van der Waals surface area contributed by atoms with Gasteiger partial charge in [0.15, 0.2) is 0 Å². The fourth-order valence-corrected chi connectivity index (χ4v) is 6.91. The van der Waals surface area contributed by atoms with E-state index in [1.54, 1.807) is 11.3 Å². The lowest BCUT2D eigenvalue weighted by Gasteiger charge is -2.26. The lowest BCUT2D eigenvalue weighted by molar-refractivity contribution is 1.29. The maximum atomic E-state index is 4.61. The van der Waals surface area contributed by atoms with Gasteiger partial charge in [0.25, 0.3) is 0 Å². The maximum Gasteiger partial charge on any atom is 0.124 e. The second-order valence-corrected chi connectivity index (χ2v) is 11.5. The summed E-state index contributed by atoms with van der Waals surface area (Å²) in [7, 11) is 0. The Balaban J connectivity index is 1.25. The van der Waals surface area contributed by atoms with E-state index in [1.165, 1.54) is 48.5 Å². The zero-order valence-corrected chi connectivity index (χ0v) is 23.6. The molecule has 8 rings (SSSR count). The van der Waals surface area contributed by atoms with Gasteiger partial charge in [-0.3, -0.25) is 0 Å². The van der Waals surface area contributed by atoms with E-state index in [0.717, 1.165) is 21.9 Å². The molecule has 0 aliphatic rings. The van der Waals surface area contributed by atoms with Crippen molar-refractivity contribution < 1.29 is 0 Å². The molecule has 0 atom stereocenters. The molecule has 2 heterocycles. The van der Waals surface area contributed by atoms with Gasteiger partial charge >= 0.3 is 0 Å². The number of nitrogens with zero attached hydrogens (tertiary/aromatic N) is 2. The summed E-state index contributed by atoms with van der Waals surface area (Å²) in [5, 5.41) is 4.96. The molecule has 0 aliphatic carbocycles. The molecule has 198 valence electrons. The summed E-state index contributed by atoms with van der Waals surface area (Å²) in [5.74, 6) is 0. The molecular formula is C39H26N2S. The Morgan fingerprint density at radius 3 is 1.90 bits per heavy atom. The summed E-state index contributed by atoms with van der Waals surface area (Å²) < 4.78 is 1.25. The van der Waals surface area contributed by atoms with E-state index in [9.17, 15) is 0 Å². The van der Waals surface area contributed by atoms with E-state index < -0.39 is 0 Å². The number of rotatable bonds is 5. The van der Waals surface area contributed by atoms with E-state index in [2.05, 4.69) is 155 Å². The zero-order valence-electron chi connectivity index (χ0n) is 22.8. The molecule has 2 aromatic heterocycles. The molecule has 2 nitrogen and oxygen atoms in total. The van der Waals surface area contributed by atoms with Crippen LogP contribution in [0.3, 0.4) is 0 Å². The zero-order chi connectivity index (χ0) is 27.9. The van der Waals surface area contributed by atoms with Gasteiger partial charge in [0.2, 0.25) is 0 Å². The molecule has 0 spiro atoms. The number of thiophene rings is 1. The quantitative estimate of drug-likeness (QED) is 0.210. The topological polar surface area (TPSA) is 16.1 Å². The summed E-state index contributed by atoms with van der Waals surface area (Å²) in [5.41, 5.74) is 8.23. The molecule has 0 aliphatic heterocycles. The molecule has 0 fully saturated rings. The first-order chi connectivity index (χ1) is 20.8. The molecule has 8 aromatic rings. The van der Waals surface area contributed by atoms with Crippen LogP contribution in [0.5, 0.6) is 0 Å². The number of pyridine rings is 1. The second-order valence-electron chi connectivity index (χ2n) is 10.5. The van der Waals surface area contributed by atoms with Crippen molar-refractivity contribution in [2.24, 2.45) is 0 Å². The standard InChI is InChI=1S/C39H26N2S/c1-2-8-27(9-3-1)28-15-19-31(20-16-28)41(33-23-24-38-37(26-33)36-14-7-25-40-39(36)42-38)32-21-17-30(18-22-32)35-13-6-11-29-10-4-5-12-34(29)35/h1-26H. The van der Waals surface area contributed by atoms with Crippen LogP contribution in [0.2, 0.25) is 0 Å². The lowest BCUT2D eigenvalue weighted by atomic mass is 9.98. The fourth-order valence-electron chi connectivity index (χ4n) is 5.89. The van der Waals surface area contributed by atoms with E-state index >= 15 is 0 Å². The van der Waals surface area contributed by atoms with Crippen LogP contribution in [-0.4, -0.2) is 4.98 Å². The van der Waals surface area contributed by atoms with Crippen LogP contribution in [0.25, 0.3) is 53.3 Å². The smallest absolute Gasteiger partial charge is 0.124 e. The molecular weight excluding hydrogens is 529 g/mol. The van der Waals surface area contributed by atoms with Crippen molar-refractivity contribution in [1.82, 2.24) is 4.98 Å². The van der Waals surface area contributed by atoms with Crippen molar-refractivity contribution in [3.05, 3.63) is 158 Å². The summed E-state index contributed by atoms with van der Waals surface area (Å²) in [6.07, 6.45) is 1.87. The molecule has 0 N–H and O–H groups in total. The maximum absolute atomic E-state index is 4.61. The first-order valence-corrected chi connectivity index (χ1v) is 14.9. The predicted molar refractivity (Wildman–Crippen MR) is 180 cm³/mol. The Hall–Kier alpha value is -5.25. The summed E-state index contributed by atoms with van der Waals surface area (Å²) >= 11 is 1.74. The van der Waals surface area contributed by atoms with Crippen LogP contribution >= 0.6 is 11.3 Å². The van der Waals surface area contributed by atoms with E-state index in [0.29, 0.717) is 0 Å². The largest absolute Gasteiger partial charge is 0.310 e. The predicted octanol–water partition coefficient (Wildman–Crippen LogP) is 11.4. The molecule has 6 aromatic carbocycles. The van der Waals surface area contributed by atoms with Crippen molar-refractivity contribution in [2.45, 2.75) is 0 Å². The van der Waals surface area contributed by atoms with Gasteiger partial charge in [-0.15, -0.1) is 11.3 Å². The van der Waals surface area contributed by atoms with Gasteiger partial charge in [0, 0.05) is 38.7 Å². The van der Waals surface area contributed by atoms with Gasteiger partial charge in [0.1, 0.15) is 4.83 Å². The molecule has 0 unspecified atom stereocenters. The molecule has 0 radical (unpaired) electrons. The van der Waals surface area contributed by atoms with E-state index in [1.807, 2.05) is 12.3 Å². The number of hydrogen-bond donors (Lipinski definition) is 0. The summed E-state index contributed by atoms with van der Waals surface area (Å²) in [6, 6.07) is 54.4. The highest BCUT2D eigenvalue weighted by Gasteiger charge is 2.16. The average Bonchev–Trinajstić information content (AvgIpc) is 3.44. The van der Waals surface area contributed by atoms with E-state index in [-0.39, 0.29) is 0 Å². The minimum atomic E-state index is 1.07. The van der Waals surface area contributed by atoms with E-state index in [4.69, 9.17) is 0 Å². The molecule has 42 heavy (non-hydrogen) atoms. The number of fused-ring (bicyclic) bond motifs is 4. The molecule has 0 bridgehead atoms. The van der Waals surface area contributed by atoms with Gasteiger partial charge in [-0.25, -0.2) is 4.98 Å². The highest BCUT2D eigenvalue weighted by Crippen LogP contribution is 2.41. The van der Waals surface area contributed by atoms with Crippen LogP contribution in [0.15, 0.2) is 158 Å². The van der Waals surface area contributed by atoms with Crippen molar-refractivity contribution in [3.63, 3.8) is 0 Å². The average molecular weight is 555 g/mol. The minimum Gasteiger partial charge on any atom is -0.310 e. The third kappa shape index (κ3) is 4.32. The monoisotopic (exact) mass is 554 g/mol. The fraction of sp³-hybridized carbons (Fsp3) is 0. The highest BCUT2D eigenvalue weighted by atomic mass is 32.1. The Morgan fingerprint density at radius 1 is 0.452 bits per heavy atom. The van der Waals surface area contributed by atoms with Gasteiger partial charge in [-0.05, 0) is 87.6 Å². The number of hydrogen-bond acceptors (Lipinski definition) is 3. The van der Waals surface area contributed by atoms with Gasteiger partial charge in [-0.1, -0.05) is 97.1 Å². The van der Waals surface area contributed by atoms with Crippen molar-refractivity contribution in [2.75, 3.05) is 4.90 Å². The van der Waals surface area contributed by atoms with Gasteiger partial charge < -0.3 is 4.90 Å². The molecule has 0 saturated heterocycles.